The molecular formula is C17H26F3N. The fraction of sp³-hybridized carbons (Fsp3) is 0.647. The van der Waals surface area contributed by atoms with Crippen molar-refractivity contribution in [1.82, 2.24) is 0 Å². The summed E-state index contributed by atoms with van der Waals surface area (Å²) in [7, 11) is 0. The summed E-state index contributed by atoms with van der Waals surface area (Å²) in [6.45, 7) is 2.19. The minimum absolute atomic E-state index is 0.0559. The van der Waals surface area contributed by atoms with Crippen LogP contribution in [0.4, 0.5) is 13.2 Å². The largest absolute Gasteiger partial charge is 0.416 e. The third-order valence-corrected chi connectivity index (χ3v) is 3.68. The molecule has 0 saturated carbocycles. The first-order chi connectivity index (χ1) is 9.93. The Kier molecular flexibility index (Phi) is 7.79. The predicted molar refractivity (Wildman–Crippen MR) is 81.1 cm³/mol. The first-order valence-electron chi connectivity index (χ1n) is 7.85. The van der Waals surface area contributed by atoms with E-state index in [1.807, 2.05) is 0 Å². The molecule has 1 aromatic carbocycles. The molecule has 0 aliphatic heterocycles. The van der Waals surface area contributed by atoms with E-state index in [1.54, 1.807) is 6.07 Å². The molecule has 4 heteroatoms. The summed E-state index contributed by atoms with van der Waals surface area (Å²) in [4.78, 5) is 0. The number of nitrogens with two attached hydrogens (primary N) is 1. The first-order valence-corrected chi connectivity index (χ1v) is 7.85. The Balaban J connectivity index is 2.33. The lowest BCUT2D eigenvalue weighted by atomic mass is 9.99. The maximum atomic E-state index is 12.6. The highest BCUT2D eigenvalue weighted by molar-refractivity contribution is 5.26. The zero-order chi connectivity index (χ0) is 15.7. The molecule has 0 heterocycles. The molecular weight excluding hydrogens is 275 g/mol. The molecule has 0 aliphatic carbocycles. The second-order valence-corrected chi connectivity index (χ2v) is 5.72. The molecule has 0 amide bonds. The van der Waals surface area contributed by atoms with E-state index < -0.39 is 11.7 Å². The van der Waals surface area contributed by atoms with Crippen LogP contribution >= 0.6 is 0 Å². The van der Waals surface area contributed by atoms with Crippen LogP contribution in [0.25, 0.3) is 0 Å². The van der Waals surface area contributed by atoms with Crippen LogP contribution in [0.1, 0.15) is 63.0 Å². The van der Waals surface area contributed by atoms with E-state index in [9.17, 15) is 13.2 Å². The Bertz CT molecular complexity index is 401. The number of hydrogen-bond donors (Lipinski definition) is 1. The highest BCUT2D eigenvalue weighted by atomic mass is 19.4. The van der Waals surface area contributed by atoms with Crippen LogP contribution in [0.3, 0.4) is 0 Å². The Morgan fingerprint density at radius 3 is 2.38 bits per heavy atom. The van der Waals surface area contributed by atoms with Crippen LogP contribution in [-0.4, -0.2) is 6.04 Å². The van der Waals surface area contributed by atoms with Crippen molar-refractivity contribution in [2.24, 2.45) is 5.73 Å². The first kappa shape index (κ1) is 18.0. The Labute approximate surface area is 125 Å². The molecule has 2 N–H and O–H groups in total. The highest BCUT2D eigenvalue weighted by Crippen LogP contribution is 2.29. The second-order valence-electron chi connectivity index (χ2n) is 5.72. The molecule has 0 radical (unpaired) electrons. The van der Waals surface area contributed by atoms with Gasteiger partial charge in [0.25, 0.3) is 0 Å². The average Bonchev–Trinajstić information content (AvgIpc) is 2.42. The van der Waals surface area contributed by atoms with E-state index in [2.05, 4.69) is 6.92 Å². The van der Waals surface area contributed by atoms with Crippen molar-refractivity contribution < 1.29 is 13.2 Å². The van der Waals surface area contributed by atoms with Gasteiger partial charge in [-0.15, -0.1) is 0 Å². The standard InChI is InChI=1S/C17H26F3N/c1-2-3-4-5-6-7-11-16(21)13-14-9-8-10-15(12-14)17(18,19)20/h8-10,12,16H,2-7,11,13,21H2,1H3. The van der Waals surface area contributed by atoms with Gasteiger partial charge in [-0.05, 0) is 24.5 Å². The third kappa shape index (κ3) is 7.51. The topological polar surface area (TPSA) is 26.0 Å². The summed E-state index contributed by atoms with van der Waals surface area (Å²) in [5.74, 6) is 0. The summed E-state index contributed by atoms with van der Waals surface area (Å²) in [6, 6.07) is 5.43. The molecule has 21 heavy (non-hydrogen) atoms. The molecule has 1 rings (SSSR count). The summed E-state index contributed by atoms with van der Waals surface area (Å²) in [5, 5.41) is 0. The second kappa shape index (κ2) is 9.08. The van der Waals surface area contributed by atoms with Crippen molar-refractivity contribution in [3.8, 4) is 0 Å². The van der Waals surface area contributed by atoms with E-state index in [-0.39, 0.29) is 6.04 Å². The molecule has 0 spiro atoms. The highest BCUT2D eigenvalue weighted by Gasteiger charge is 2.30. The maximum Gasteiger partial charge on any atom is 0.416 e. The van der Waals surface area contributed by atoms with Crippen molar-refractivity contribution in [3.63, 3.8) is 0 Å². The van der Waals surface area contributed by atoms with Gasteiger partial charge < -0.3 is 5.73 Å². The predicted octanol–water partition coefficient (Wildman–Crippen LogP) is 5.33. The van der Waals surface area contributed by atoms with Crippen LogP contribution in [0.5, 0.6) is 0 Å². The fourth-order valence-corrected chi connectivity index (χ4v) is 2.47. The van der Waals surface area contributed by atoms with Crippen molar-refractivity contribution in [1.29, 1.82) is 0 Å². The van der Waals surface area contributed by atoms with Crippen molar-refractivity contribution in [2.45, 2.75) is 70.5 Å². The van der Waals surface area contributed by atoms with Crippen LogP contribution in [0.15, 0.2) is 24.3 Å². The number of benzene rings is 1. The molecule has 0 fully saturated rings. The molecule has 1 nitrogen and oxygen atoms in total. The molecule has 120 valence electrons. The molecule has 0 aromatic heterocycles. The quantitative estimate of drug-likeness (QED) is 0.613. The average molecular weight is 301 g/mol. The SMILES string of the molecule is CCCCCCCCC(N)Cc1cccc(C(F)(F)F)c1. The molecule has 0 saturated heterocycles. The molecule has 1 unspecified atom stereocenters. The number of halogens is 3. The number of alkyl halides is 3. The van der Waals surface area contributed by atoms with Gasteiger partial charge in [-0.3, -0.25) is 0 Å². The third-order valence-electron chi connectivity index (χ3n) is 3.68. The van der Waals surface area contributed by atoms with Gasteiger partial charge in [-0.1, -0.05) is 63.6 Å². The number of rotatable bonds is 9. The minimum Gasteiger partial charge on any atom is -0.327 e. The van der Waals surface area contributed by atoms with Gasteiger partial charge in [0.2, 0.25) is 0 Å². The van der Waals surface area contributed by atoms with E-state index in [0.29, 0.717) is 12.0 Å². The van der Waals surface area contributed by atoms with Crippen LogP contribution < -0.4 is 5.73 Å². The molecule has 1 atom stereocenters. The monoisotopic (exact) mass is 301 g/mol. The number of unbranched alkanes of at least 4 members (excludes halogenated alkanes) is 5. The summed E-state index contributed by atoms with van der Waals surface area (Å²) >= 11 is 0. The normalized spacial score (nSPS) is 13.4. The van der Waals surface area contributed by atoms with Gasteiger partial charge in [-0.2, -0.15) is 13.2 Å². The molecule has 0 aliphatic rings. The molecule has 0 bridgehead atoms. The van der Waals surface area contributed by atoms with Gasteiger partial charge in [-0.25, -0.2) is 0 Å². The van der Waals surface area contributed by atoms with E-state index in [1.165, 1.54) is 37.8 Å². The van der Waals surface area contributed by atoms with Crippen LogP contribution in [0, 0.1) is 0 Å². The lowest BCUT2D eigenvalue weighted by Gasteiger charge is -2.13. The van der Waals surface area contributed by atoms with Gasteiger partial charge in [0.05, 0.1) is 5.56 Å². The van der Waals surface area contributed by atoms with Gasteiger partial charge >= 0.3 is 6.18 Å². The fourth-order valence-electron chi connectivity index (χ4n) is 2.47. The Morgan fingerprint density at radius 2 is 1.71 bits per heavy atom. The Morgan fingerprint density at radius 1 is 1.05 bits per heavy atom. The minimum atomic E-state index is -4.28. The molecule has 1 aromatic rings. The summed E-state index contributed by atoms with van der Waals surface area (Å²) in [6.07, 6.45) is 4.33. The Hall–Kier alpha value is -1.03. The van der Waals surface area contributed by atoms with Crippen LogP contribution in [-0.2, 0) is 12.6 Å². The summed E-state index contributed by atoms with van der Waals surface area (Å²) < 4.78 is 37.9. The van der Waals surface area contributed by atoms with Gasteiger partial charge in [0.15, 0.2) is 0 Å². The zero-order valence-electron chi connectivity index (χ0n) is 12.8. The van der Waals surface area contributed by atoms with Crippen molar-refractivity contribution in [2.75, 3.05) is 0 Å². The number of hydrogen-bond acceptors (Lipinski definition) is 1. The van der Waals surface area contributed by atoms with E-state index >= 15 is 0 Å². The van der Waals surface area contributed by atoms with Gasteiger partial charge in [0.1, 0.15) is 0 Å². The maximum absolute atomic E-state index is 12.6. The zero-order valence-corrected chi connectivity index (χ0v) is 12.8. The van der Waals surface area contributed by atoms with E-state index in [0.717, 1.165) is 25.3 Å². The van der Waals surface area contributed by atoms with Crippen molar-refractivity contribution in [3.05, 3.63) is 35.4 Å². The van der Waals surface area contributed by atoms with Gasteiger partial charge in [0, 0.05) is 6.04 Å². The lowest BCUT2D eigenvalue weighted by Crippen LogP contribution is -2.22. The van der Waals surface area contributed by atoms with Crippen LogP contribution in [0.2, 0.25) is 0 Å². The summed E-state index contributed by atoms with van der Waals surface area (Å²) in [5.41, 5.74) is 6.10. The lowest BCUT2D eigenvalue weighted by molar-refractivity contribution is -0.137. The van der Waals surface area contributed by atoms with E-state index in [4.69, 9.17) is 5.73 Å². The smallest absolute Gasteiger partial charge is 0.327 e. The van der Waals surface area contributed by atoms with Crippen molar-refractivity contribution >= 4 is 0 Å².